The number of rotatable bonds is 7. The Morgan fingerprint density at radius 3 is 2.88 bits per heavy atom. The van der Waals surface area contributed by atoms with Crippen LogP contribution in [0.3, 0.4) is 0 Å². The molecule has 3 aromatic rings. The summed E-state index contributed by atoms with van der Waals surface area (Å²) in [5.41, 5.74) is 1.84. The number of carboxylic acid groups (broad SMARTS) is 1. The largest absolute Gasteiger partial charge is 0.476 e. The third kappa shape index (κ3) is 3.21. The molecule has 0 aromatic carbocycles. The number of hydrogen-bond acceptors (Lipinski definition) is 5. The van der Waals surface area contributed by atoms with Gasteiger partial charge < -0.3 is 10.1 Å². The van der Waals surface area contributed by atoms with Crippen molar-refractivity contribution in [2.45, 2.75) is 44.6 Å². The third-order valence-corrected chi connectivity index (χ3v) is 4.38. The van der Waals surface area contributed by atoms with E-state index in [-0.39, 0.29) is 11.5 Å². The van der Waals surface area contributed by atoms with E-state index in [1.807, 2.05) is 0 Å². The lowest BCUT2D eigenvalue weighted by Crippen LogP contribution is -2.01. The van der Waals surface area contributed by atoms with Crippen LogP contribution in [0.2, 0.25) is 0 Å². The fourth-order valence-electron chi connectivity index (χ4n) is 2.88. The number of aromatic amines is 1. The third-order valence-electron chi connectivity index (χ3n) is 4.38. The van der Waals surface area contributed by atoms with Gasteiger partial charge in [0, 0.05) is 12.5 Å². The standard InChI is InChI=1S/C16H17FN6O2/c17-13-11-7-10(19-21-15(11)18-14(13)9-4-5-9)3-1-2-6-23-8-12(16(24)25)20-22-23/h7-9H,1-6H2,(H,18,21)(H,24,25). The van der Waals surface area contributed by atoms with Gasteiger partial charge in [-0.05, 0) is 38.2 Å². The van der Waals surface area contributed by atoms with Crippen LogP contribution in [0.4, 0.5) is 4.39 Å². The maximum atomic E-state index is 14.4. The Hall–Kier alpha value is -2.84. The maximum absolute atomic E-state index is 14.4. The maximum Gasteiger partial charge on any atom is 0.358 e. The second kappa shape index (κ2) is 6.23. The van der Waals surface area contributed by atoms with Crippen molar-refractivity contribution in [3.8, 4) is 0 Å². The first-order valence-electron chi connectivity index (χ1n) is 8.29. The van der Waals surface area contributed by atoms with Crippen molar-refractivity contribution in [1.29, 1.82) is 0 Å². The van der Waals surface area contributed by atoms with Gasteiger partial charge in [0.15, 0.2) is 17.2 Å². The molecule has 1 aliphatic carbocycles. The molecule has 1 aliphatic rings. The molecule has 0 atom stereocenters. The molecule has 25 heavy (non-hydrogen) atoms. The molecule has 8 nitrogen and oxygen atoms in total. The summed E-state index contributed by atoms with van der Waals surface area (Å²) in [6.07, 6.45) is 5.72. The minimum Gasteiger partial charge on any atom is -0.476 e. The summed E-state index contributed by atoms with van der Waals surface area (Å²) in [4.78, 5) is 13.8. The van der Waals surface area contributed by atoms with Gasteiger partial charge in [-0.2, -0.15) is 5.10 Å². The zero-order valence-electron chi connectivity index (χ0n) is 13.4. The Balaban J connectivity index is 1.36. The van der Waals surface area contributed by atoms with E-state index in [0.29, 0.717) is 35.6 Å². The van der Waals surface area contributed by atoms with Crippen LogP contribution >= 0.6 is 0 Å². The molecule has 0 unspecified atom stereocenters. The molecular formula is C16H17FN6O2. The van der Waals surface area contributed by atoms with E-state index < -0.39 is 5.97 Å². The normalized spacial score (nSPS) is 14.3. The highest BCUT2D eigenvalue weighted by Gasteiger charge is 2.29. The number of aromatic nitrogens is 6. The molecular weight excluding hydrogens is 327 g/mol. The van der Waals surface area contributed by atoms with Crippen LogP contribution in [-0.4, -0.2) is 41.3 Å². The van der Waals surface area contributed by atoms with E-state index in [0.717, 1.165) is 31.4 Å². The lowest BCUT2D eigenvalue weighted by atomic mass is 10.1. The van der Waals surface area contributed by atoms with E-state index in [1.165, 1.54) is 10.9 Å². The predicted octanol–water partition coefficient (Wildman–Crippen LogP) is 2.29. The monoisotopic (exact) mass is 344 g/mol. The number of unbranched alkanes of at least 4 members (excludes halogenated alkanes) is 1. The summed E-state index contributed by atoms with van der Waals surface area (Å²) in [6, 6.07) is 1.76. The van der Waals surface area contributed by atoms with Crippen LogP contribution in [0.5, 0.6) is 0 Å². The smallest absolute Gasteiger partial charge is 0.358 e. The quantitative estimate of drug-likeness (QED) is 0.636. The molecule has 1 fully saturated rings. The van der Waals surface area contributed by atoms with Crippen molar-refractivity contribution in [2.75, 3.05) is 0 Å². The summed E-state index contributed by atoms with van der Waals surface area (Å²) in [5, 5.41) is 24.9. The molecule has 0 amide bonds. The molecule has 4 rings (SSSR count). The molecule has 3 aromatic heterocycles. The molecule has 130 valence electrons. The SMILES string of the molecule is O=C(O)c1cn(CCCCc2cc3c(F)c(C4CC4)[nH]c3nn2)nn1. The number of nitrogens with one attached hydrogen (secondary N) is 1. The second-order valence-corrected chi connectivity index (χ2v) is 6.35. The highest BCUT2D eigenvalue weighted by molar-refractivity contribution is 5.84. The predicted molar refractivity (Wildman–Crippen MR) is 85.7 cm³/mol. The highest BCUT2D eigenvalue weighted by Crippen LogP contribution is 2.42. The van der Waals surface area contributed by atoms with Crippen LogP contribution < -0.4 is 0 Å². The lowest BCUT2D eigenvalue weighted by Gasteiger charge is -2.01. The van der Waals surface area contributed by atoms with Gasteiger partial charge in [-0.1, -0.05) is 5.21 Å². The number of halogens is 1. The molecule has 0 spiro atoms. The molecule has 0 saturated heterocycles. The minimum absolute atomic E-state index is 0.0641. The number of nitrogens with zero attached hydrogens (tertiary/aromatic N) is 5. The van der Waals surface area contributed by atoms with Gasteiger partial charge in [0.1, 0.15) is 0 Å². The Kier molecular flexibility index (Phi) is 3.90. The number of carbonyl (C=O) groups is 1. The summed E-state index contributed by atoms with van der Waals surface area (Å²) in [6.45, 7) is 0.570. The van der Waals surface area contributed by atoms with Gasteiger partial charge in [-0.3, -0.25) is 4.68 Å². The number of fused-ring (bicyclic) bond motifs is 1. The van der Waals surface area contributed by atoms with Crippen LogP contribution in [0.15, 0.2) is 12.3 Å². The van der Waals surface area contributed by atoms with E-state index in [2.05, 4.69) is 25.5 Å². The van der Waals surface area contributed by atoms with Crippen LogP contribution in [0, 0.1) is 5.82 Å². The Labute approximate surface area is 142 Å². The van der Waals surface area contributed by atoms with Crippen molar-refractivity contribution in [3.05, 3.63) is 35.2 Å². The van der Waals surface area contributed by atoms with Crippen molar-refractivity contribution < 1.29 is 14.3 Å². The molecule has 3 heterocycles. The van der Waals surface area contributed by atoms with Crippen molar-refractivity contribution in [1.82, 2.24) is 30.2 Å². The van der Waals surface area contributed by atoms with Crippen molar-refractivity contribution >= 4 is 17.0 Å². The summed E-state index contributed by atoms with van der Waals surface area (Å²) >= 11 is 0. The molecule has 2 N–H and O–H groups in total. The van der Waals surface area contributed by atoms with E-state index >= 15 is 0 Å². The molecule has 0 radical (unpaired) electrons. The van der Waals surface area contributed by atoms with E-state index in [9.17, 15) is 9.18 Å². The average Bonchev–Trinajstić information content (AvgIpc) is 3.24. The first-order valence-corrected chi connectivity index (χ1v) is 8.29. The second-order valence-electron chi connectivity index (χ2n) is 6.35. The van der Waals surface area contributed by atoms with Crippen molar-refractivity contribution in [3.63, 3.8) is 0 Å². The average molecular weight is 344 g/mol. The molecule has 1 saturated carbocycles. The highest BCUT2D eigenvalue weighted by atomic mass is 19.1. The number of carboxylic acids is 1. The van der Waals surface area contributed by atoms with Gasteiger partial charge in [-0.15, -0.1) is 10.2 Å². The van der Waals surface area contributed by atoms with Crippen LogP contribution in [0.25, 0.3) is 11.0 Å². The number of hydrogen-bond donors (Lipinski definition) is 2. The minimum atomic E-state index is -1.09. The van der Waals surface area contributed by atoms with Crippen LogP contribution in [0.1, 0.15) is 53.5 Å². The Bertz CT molecular complexity index is 930. The zero-order valence-corrected chi connectivity index (χ0v) is 13.4. The fourth-order valence-corrected chi connectivity index (χ4v) is 2.88. The first kappa shape index (κ1) is 15.7. The van der Waals surface area contributed by atoms with Crippen molar-refractivity contribution in [2.24, 2.45) is 0 Å². The summed E-state index contributed by atoms with van der Waals surface area (Å²) in [5.74, 6) is -0.984. The van der Waals surface area contributed by atoms with Gasteiger partial charge in [-0.25, -0.2) is 9.18 Å². The van der Waals surface area contributed by atoms with Gasteiger partial charge >= 0.3 is 5.97 Å². The number of aromatic carboxylic acids is 1. The molecule has 0 aliphatic heterocycles. The Morgan fingerprint density at radius 2 is 2.16 bits per heavy atom. The zero-order chi connectivity index (χ0) is 17.4. The topological polar surface area (TPSA) is 110 Å². The summed E-state index contributed by atoms with van der Waals surface area (Å²) in [7, 11) is 0. The van der Waals surface area contributed by atoms with E-state index in [4.69, 9.17) is 5.11 Å². The lowest BCUT2D eigenvalue weighted by molar-refractivity contribution is 0.0690. The number of H-pyrrole nitrogens is 1. The number of aryl methyl sites for hydroxylation is 2. The molecule has 0 bridgehead atoms. The Morgan fingerprint density at radius 1 is 1.32 bits per heavy atom. The molecule has 9 heteroatoms. The van der Waals surface area contributed by atoms with Gasteiger partial charge in [0.25, 0.3) is 0 Å². The van der Waals surface area contributed by atoms with E-state index in [1.54, 1.807) is 6.07 Å². The van der Waals surface area contributed by atoms with Gasteiger partial charge in [0.05, 0.1) is 23.0 Å². The first-order chi connectivity index (χ1) is 12.1. The fraction of sp³-hybridized carbons (Fsp3) is 0.438. The summed E-state index contributed by atoms with van der Waals surface area (Å²) < 4.78 is 15.9. The van der Waals surface area contributed by atoms with Gasteiger partial charge in [0.2, 0.25) is 0 Å². The van der Waals surface area contributed by atoms with Crippen LogP contribution in [-0.2, 0) is 13.0 Å².